The predicted octanol–water partition coefficient (Wildman–Crippen LogP) is 5.48. The van der Waals surface area contributed by atoms with E-state index < -0.39 is 25.3 Å². The molecule has 2 aromatic heterocycles. The van der Waals surface area contributed by atoms with Crippen molar-refractivity contribution >= 4 is 24.6 Å². The van der Waals surface area contributed by atoms with Gasteiger partial charge in [0.2, 0.25) is 0 Å². The summed E-state index contributed by atoms with van der Waals surface area (Å²) in [4.78, 5) is 33.1. The van der Waals surface area contributed by atoms with Crippen LogP contribution in [0.4, 0.5) is 5.82 Å². The summed E-state index contributed by atoms with van der Waals surface area (Å²) >= 11 is 0. The van der Waals surface area contributed by atoms with Gasteiger partial charge in [-0.1, -0.05) is 97.9 Å². The molecule has 11 heteroatoms. The molecule has 5 aromatic rings. The van der Waals surface area contributed by atoms with E-state index in [-0.39, 0.29) is 13.0 Å². The van der Waals surface area contributed by atoms with E-state index in [2.05, 4.69) is 20.3 Å². The molecule has 3 aromatic carbocycles. The Balaban J connectivity index is 1.69. The predicted molar refractivity (Wildman–Crippen MR) is 161 cm³/mol. The number of nitrogens with one attached hydrogen (secondary N) is 1. The van der Waals surface area contributed by atoms with Gasteiger partial charge in [-0.05, 0) is 30.0 Å². The van der Waals surface area contributed by atoms with Crippen molar-refractivity contribution in [1.82, 2.24) is 19.5 Å². The summed E-state index contributed by atoms with van der Waals surface area (Å²) in [7, 11) is -4.55. The number of hydrogen-bond acceptors (Lipinski definition) is 7. The number of benzene rings is 3. The minimum absolute atomic E-state index is 0.103. The monoisotopic (exact) mass is 587 g/mol. The highest BCUT2D eigenvalue weighted by Crippen LogP contribution is 2.44. The molecular weight excluding hydrogens is 553 g/mol. The highest BCUT2D eigenvalue weighted by molar-refractivity contribution is 7.51. The molecule has 5 rings (SSSR count). The van der Waals surface area contributed by atoms with E-state index in [1.807, 2.05) is 105 Å². The van der Waals surface area contributed by atoms with Gasteiger partial charge in [0.05, 0.1) is 12.9 Å². The molecule has 0 saturated heterocycles. The standard InChI is InChI=1S/C31H34N5O5P/c1-3-30(41-23-42(37,38)39,36-22-35-27-28(32-4-2)33-21-34-29(27)36)20-40-31(24-14-8-5-9-15-24,25-16-10-6-11-17-25)26-18-12-7-13-19-26/h5-19,21-22H,3-4,20,23H2,1-2H3,(H,32,33,34)(H2,37,38,39). The van der Waals surface area contributed by atoms with Gasteiger partial charge in [0.25, 0.3) is 0 Å². The van der Waals surface area contributed by atoms with E-state index in [9.17, 15) is 14.4 Å². The molecule has 0 spiro atoms. The van der Waals surface area contributed by atoms with Gasteiger partial charge in [-0.2, -0.15) is 0 Å². The van der Waals surface area contributed by atoms with Crippen molar-refractivity contribution in [3.63, 3.8) is 0 Å². The number of nitrogens with zero attached hydrogens (tertiary/aromatic N) is 4. The molecule has 0 aliphatic heterocycles. The van der Waals surface area contributed by atoms with Crippen LogP contribution in [0.5, 0.6) is 0 Å². The van der Waals surface area contributed by atoms with Gasteiger partial charge in [0, 0.05) is 6.54 Å². The second kappa shape index (κ2) is 12.5. The van der Waals surface area contributed by atoms with E-state index in [0.717, 1.165) is 16.7 Å². The van der Waals surface area contributed by atoms with E-state index >= 15 is 0 Å². The quantitative estimate of drug-likeness (QED) is 0.121. The fourth-order valence-corrected chi connectivity index (χ4v) is 5.59. The maximum Gasteiger partial charge on any atom is 0.351 e. The molecule has 3 N–H and O–H groups in total. The Labute approximate surface area is 244 Å². The molecule has 0 bridgehead atoms. The van der Waals surface area contributed by atoms with E-state index in [0.29, 0.717) is 23.5 Å². The smallest absolute Gasteiger partial charge is 0.351 e. The summed E-state index contributed by atoms with van der Waals surface area (Å²) < 4.78 is 27.0. The zero-order chi connectivity index (χ0) is 29.6. The Kier molecular flexibility index (Phi) is 8.82. The summed E-state index contributed by atoms with van der Waals surface area (Å²) in [5, 5.41) is 3.19. The second-order valence-electron chi connectivity index (χ2n) is 9.85. The molecule has 0 fully saturated rings. The van der Waals surface area contributed by atoms with Gasteiger partial charge in [0.15, 0.2) is 29.1 Å². The molecule has 0 aliphatic rings. The maximum atomic E-state index is 12.1. The summed E-state index contributed by atoms with van der Waals surface area (Å²) in [6.07, 6.45) is 2.45. The first kappa shape index (κ1) is 29.6. The fourth-order valence-electron chi connectivity index (χ4n) is 5.18. The van der Waals surface area contributed by atoms with Crippen molar-refractivity contribution in [2.75, 3.05) is 24.8 Å². The largest absolute Gasteiger partial charge is 0.368 e. The summed E-state index contributed by atoms with van der Waals surface area (Å²) in [5.41, 5.74) is 1.13. The Bertz CT molecular complexity index is 1550. The summed E-state index contributed by atoms with van der Waals surface area (Å²) in [5.74, 6) is 0.550. The number of anilines is 1. The number of fused-ring (bicyclic) bond motifs is 1. The molecule has 0 radical (unpaired) electrons. The highest BCUT2D eigenvalue weighted by atomic mass is 31.2. The van der Waals surface area contributed by atoms with Gasteiger partial charge >= 0.3 is 7.60 Å². The van der Waals surface area contributed by atoms with Crippen LogP contribution in [0.2, 0.25) is 0 Å². The molecule has 2 heterocycles. The minimum atomic E-state index is -4.55. The van der Waals surface area contributed by atoms with Crippen LogP contribution in [0.3, 0.4) is 0 Å². The molecule has 0 aliphatic carbocycles. The number of hydrogen-bond donors (Lipinski definition) is 3. The Hall–Kier alpha value is -3.92. The molecular formula is C31H34N5O5P. The van der Waals surface area contributed by atoms with Gasteiger partial charge < -0.3 is 24.6 Å². The topological polar surface area (TPSA) is 132 Å². The average Bonchev–Trinajstić information content (AvgIpc) is 3.46. The van der Waals surface area contributed by atoms with Crippen LogP contribution < -0.4 is 5.32 Å². The maximum absolute atomic E-state index is 12.1. The first-order chi connectivity index (χ1) is 20.3. The lowest BCUT2D eigenvalue weighted by Crippen LogP contribution is -2.45. The van der Waals surface area contributed by atoms with Crippen molar-refractivity contribution in [2.45, 2.75) is 31.6 Å². The molecule has 1 unspecified atom stereocenters. The average molecular weight is 588 g/mol. The molecule has 42 heavy (non-hydrogen) atoms. The third-order valence-electron chi connectivity index (χ3n) is 7.23. The zero-order valence-corrected chi connectivity index (χ0v) is 24.4. The Morgan fingerprint density at radius 3 is 1.83 bits per heavy atom. The molecule has 218 valence electrons. The van der Waals surface area contributed by atoms with E-state index in [1.54, 1.807) is 10.9 Å². The van der Waals surface area contributed by atoms with Crippen LogP contribution >= 0.6 is 7.60 Å². The molecule has 1 atom stereocenters. The Morgan fingerprint density at radius 1 is 0.810 bits per heavy atom. The van der Waals surface area contributed by atoms with Crippen molar-refractivity contribution in [3.8, 4) is 0 Å². The van der Waals surface area contributed by atoms with Gasteiger partial charge in [-0.15, -0.1) is 0 Å². The number of rotatable bonds is 13. The second-order valence-corrected chi connectivity index (χ2v) is 11.4. The van der Waals surface area contributed by atoms with Crippen LogP contribution in [-0.2, 0) is 25.4 Å². The summed E-state index contributed by atoms with van der Waals surface area (Å²) in [6, 6.07) is 29.6. The zero-order valence-electron chi connectivity index (χ0n) is 23.5. The van der Waals surface area contributed by atoms with Gasteiger partial charge in [-0.25, -0.2) is 15.0 Å². The minimum Gasteiger partial charge on any atom is -0.368 e. The number of imidazole rings is 1. The lowest BCUT2D eigenvalue weighted by Gasteiger charge is -2.41. The number of ether oxygens (including phenoxy) is 2. The van der Waals surface area contributed by atoms with Crippen LogP contribution in [0, 0.1) is 0 Å². The van der Waals surface area contributed by atoms with Crippen molar-refractivity contribution in [1.29, 1.82) is 0 Å². The van der Waals surface area contributed by atoms with Crippen molar-refractivity contribution in [2.24, 2.45) is 0 Å². The van der Waals surface area contributed by atoms with Crippen LogP contribution in [0.25, 0.3) is 11.2 Å². The molecule has 10 nitrogen and oxygen atoms in total. The third kappa shape index (κ3) is 5.86. The fraction of sp³-hybridized carbons (Fsp3) is 0.258. The third-order valence-corrected chi connectivity index (χ3v) is 7.69. The lowest BCUT2D eigenvalue weighted by molar-refractivity contribution is -0.164. The SMILES string of the molecule is CCNc1ncnc2c1ncn2C(CC)(COC(c1ccccc1)(c1ccccc1)c1ccccc1)OCP(=O)(O)O. The Morgan fingerprint density at radius 2 is 1.36 bits per heavy atom. The first-order valence-electron chi connectivity index (χ1n) is 13.7. The van der Waals surface area contributed by atoms with Gasteiger partial charge in [0.1, 0.15) is 11.9 Å². The van der Waals surface area contributed by atoms with Crippen LogP contribution in [0.15, 0.2) is 104 Å². The van der Waals surface area contributed by atoms with Crippen molar-refractivity contribution in [3.05, 3.63) is 120 Å². The van der Waals surface area contributed by atoms with Crippen LogP contribution in [0.1, 0.15) is 37.0 Å². The highest BCUT2D eigenvalue weighted by Gasteiger charge is 2.43. The van der Waals surface area contributed by atoms with Crippen molar-refractivity contribution < 1.29 is 23.8 Å². The number of aromatic nitrogens is 4. The normalized spacial score (nSPS) is 13.6. The first-order valence-corrected chi connectivity index (χ1v) is 15.5. The van der Waals surface area contributed by atoms with E-state index in [4.69, 9.17) is 9.47 Å². The van der Waals surface area contributed by atoms with Gasteiger partial charge in [-0.3, -0.25) is 9.13 Å². The molecule has 0 amide bonds. The molecule has 0 saturated carbocycles. The van der Waals surface area contributed by atoms with E-state index in [1.165, 1.54) is 6.33 Å². The summed E-state index contributed by atoms with van der Waals surface area (Å²) in [6.45, 7) is 4.35. The lowest BCUT2D eigenvalue weighted by atomic mass is 9.80. The van der Waals surface area contributed by atoms with Crippen LogP contribution in [-0.4, -0.2) is 48.8 Å².